The molecule has 11 nitrogen and oxygen atoms in total. The molecule has 0 saturated heterocycles. The van der Waals surface area contributed by atoms with Crippen molar-refractivity contribution in [2.75, 3.05) is 48.5 Å². The highest BCUT2D eigenvalue weighted by molar-refractivity contribution is 5.74. The second-order valence-corrected chi connectivity index (χ2v) is 14.4. The maximum Gasteiger partial charge on any atom is 0.362 e. The van der Waals surface area contributed by atoms with Crippen molar-refractivity contribution in [1.29, 1.82) is 0 Å². The number of nitrogens with zero attached hydrogens (tertiary/aromatic N) is 2. The van der Waals surface area contributed by atoms with Crippen LogP contribution < -0.4 is 28.4 Å². The van der Waals surface area contributed by atoms with Crippen LogP contribution in [0.25, 0.3) is 0 Å². The molecule has 1 N–H and O–H groups in total. The van der Waals surface area contributed by atoms with Gasteiger partial charge in [-0.05, 0) is 91.5 Å². The van der Waals surface area contributed by atoms with Crippen molar-refractivity contribution in [3.05, 3.63) is 94.0 Å². The molecule has 53 heavy (non-hydrogen) atoms. The first-order chi connectivity index (χ1) is 25.4. The molecule has 4 atom stereocenters. The zero-order valence-electron chi connectivity index (χ0n) is 31.4. The number of carboxylic acid groups (broad SMARTS) is 1. The van der Waals surface area contributed by atoms with Gasteiger partial charge in [0, 0.05) is 43.5 Å². The van der Waals surface area contributed by atoms with E-state index in [9.17, 15) is 14.7 Å². The summed E-state index contributed by atoms with van der Waals surface area (Å²) in [5.41, 5.74) is 5.98. The number of carboxylic acids is 1. The van der Waals surface area contributed by atoms with E-state index in [1.165, 1.54) is 6.92 Å². The molecule has 0 amide bonds. The average molecular weight is 724 g/mol. The molecular weight excluding hydrogens is 676 g/mol. The number of hydrogen-bond donors (Lipinski definition) is 1. The van der Waals surface area contributed by atoms with E-state index in [0.717, 1.165) is 39.9 Å². The van der Waals surface area contributed by atoms with Crippen LogP contribution in [0.15, 0.2) is 60.7 Å². The van der Waals surface area contributed by atoms with Gasteiger partial charge in [-0.15, -0.1) is 0 Å². The monoisotopic (exact) mass is 723 g/mol. The molecule has 0 spiro atoms. The molecule has 0 fully saturated rings. The van der Waals surface area contributed by atoms with Crippen LogP contribution in [0.1, 0.15) is 59.3 Å². The third-order valence-electron chi connectivity index (χ3n) is 11.4. The molecule has 6 bridgehead atoms. The van der Waals surface area contributed by atoms with Crippen LogP contribution in [0.2, 0.25) is 0 Å². The van der Waals surface area contributed by atoms with Crippen LogP contribution in [0.4, 0.5) is 0 Å². The number of benzene rings is 4. The van der Waals surface area contributed by atoms with Gasteiger partial charge >= 0.3 is 11.9 Å². The lowest BCUT2D eigenvalue weighted by atomic mass is 9.85. The number of rotatable bonds is 6. The Hall–Kier alpha value is -5.26. The van der Waals surface area contributed by atoms with Gasteiger partial charge in [-0.3, -0.25) is 9.69 Å². The van der Waals surface area contributed by atoms with Gasteiger partial charge in [0.2, 0.25) is 5.75 Å². The Morgan fingerprint density at radius 2 is 1.53 bits per heavy atom. The van der Waals surface area contributed by atoms with E-state index in [0.29, 0.717) is 72.5 Å². The van der Waals surface area contributed by atoms with Crippen molar-refractivity contribution >= 4 is 11.9 Å². The summed E-state index contributed by atoms with van der Waals surface area (Å²) < 4.78 is 37.2. The fraction of sp³-hybridized carbons (Fsp3) is 0.381. The first-order valence-corrected chi connectivity index (χ1v) is 18.0. The minimum atomic E-state index is -0.857. The summed E-state index contributed by atoms with van der Waals surface area (Å²) in [6.07, 6.45) is 2.51. The van der Waals surface area contributed by atoms with Gasteiger partial charge < -0.3 is 38.0 Å². The lowest BCUT2D eigenvalue weighted by Gasteiger charge is -2.48. The van der Waals surface area contributed by atoms with E-state index in [2.05, 4.69) is 11.9 Å². The summed E-state index contributed by atoms with van der Waals surface area (Å²) >= 11 is 0. The Morgan fingerprint density at radius 1 is 0.849 bits per heavy atom. The van der Waals surface area contributed by atoms with Gasteiger partial charge in [-0.2, -0.15) is 0 Å². The fourth-order valence-corrected chi connectivity index (χ4v) is 8.24. The van der Waals surface area contributed by atoms with E-state index < -0.39 is 18.0 Å². The number of methoxy groups -OCH3 is 3. The van der Waals surface area contributed by atoms with Crippen LogP contribution in [-0.2, 0) is 35.3 Å². The zero-order chi connectivity index (χ0) is 37.6. The molecule has 11 heteroatoms. The molecular formula is C42H47N2O9+. The van der Waals surface area contributed by atoms with Crippen LogP contribution in [0, 0.1) is 0 Å². The van der Waals surface area contributed by atoms with Crippen molar-refractivity contribution in [3.63, 3.8) is 0 Å². The summed E-state index contributed by atoms with van der Waals surface area (Å²) in [5.74, 6) is 2.36. The number of aliphatic carboxylic acids is 1. The number of quaternary nitrogens is 1. The van der Waals surface area contributed by atoms with Crippen LogP contribution in [0.3, 0.4) is 0 Å². The highest BCUT2D eigenvalue weighted by Gasteiger charge is 2.46. The number of likely N-dealkylation sites (N-methyl/N-ethyl adjacent to an activating group) is 2. The minimum Gasteiger partial charge on any atom is -0.493 e. The Kier molecular flexibility index (Phi) is 9.73. The molecule has 4 heterocycles. The maximum atomic E-state index is 12.7. The van der Waals surface area contributed by atoms with Crippen molar-refractivity contribution in [2.45, 2.75) is 57.7 Å². The third-order valence-corrected chi connectivity index (χ3v) is 11.4. The van der Waals surface area contributed by atoms with E-state index in [1.54, 1.807) is 28.3 Å². The number of carbonyl (C=O) groups excluding carboxylic acids is 1. The normalized spacial score (nSPS) is 21.1. The Morgan fingerprint density at radius 3 is 2.21 bits per heavy atom. The van der Waals surface area contributed by atoms with Crippen LogP contribution in [-0.4, -0.2) is 81.0 Å². The number of ether oxygens (including phenoxy) is 6. The van der Waals surface area contributed by atoms with E-state index >= 15 is 0 Å². The lowest BCUT2D eigenvalue weighted by molar-refractivity contribution is -0.954. The second-order valence-electron chi connectivity index (χ2n) is 14.4. The summed E-state index contributed by atoms with van der Waals surface area (Å²) in [6.45, 7) is 4.54. The van der Waals surface area contributed by atoms with Crippen molar-refractivity contribution in [1.82, 2.24) is 4.90 Å². The number of carbonyl (C=O) groups is 2. The minimum absolute atomic E-state index is 0.184. The number of hydrogen-bond acceptors (Lipinski definition) is 9. The topological polar surface area (TPSA) is 113 Å². The predicted octanol–water partition coefficient (Wildman–Crippen LogP) is 7.07. The lowest BCUT2D eigenvalue weighted by Crippen LogP contribution is -2.59. The smallest absolute Gasteiger partial charge is 0.362 e. The van der Waals surface area contributed by atoms with Gasteiger partial charge in [0.05, 0.1) is 34.9 Å². The van der Waals surface area contributed by atoms with Gasteiger partial charge in [-0.1, -0.05) is 18.2 Å². The van der Waals surface area contributed by atoms with Gasteiger partial charge in [0.15, 0.2) is 40.5 Å². The molecule has 4 aromatic carbocycles. The zero-order valence-corrected chi connectivity index (χ0v) is 31.4. The number of fused-ring (bicyclic) bond motifs is 2. The molecule has 278 valence electrons. The molecule has 8 rings (SSSR count). The standard InChI is InChI=1S/C42H46N2O9/c1-24(42(46)47)44(4)17-15-28-21-35(49-6)37-23-31(28)33(44)19-26-8-11-30(12-9-26)52-36-20-27(10-13-34(36)48-5)18-32-39-29(14-16-43(32)3)22-38(50-7)40(41(39)53-37)51-25(2)45/h8-13,20-24,32-33H,14-19H2,1-7H3/p+1. The maximum absolute atomic E-state index is 12.7. The first-order valence-electron chi connectivity index (χ1n) is 18.0. The Balaban J connectivity index is 1.51. The molecule has 4 aliphatic heterocycles. The highest BCUT2D eigenvalue weighted by atomic mass is 16.6. The molecule has 0 aliphatic carbocycles. The summed E-state index contributed by atoms with van der Waals surface area (Å²) in [6, 6.07) is 18.7. The quantitative estimate of drug-likeness (QED) is 0.126. The predicted molar refractivity (Wildman–Crippen MR) is 198 cm³/mol. The number of esters is 1. The average Bonchev–Trinajstić information content (AvgIpc) is 3.14. The van der Waals surface area contributed by atoms with E-state index in [1.807, 2.05) is 67.7 Å². The van der Waals surface area contributed by atoms with E-state index in [-0.39, 0.29) is 22.3 Å². The van der Waals surface area contributed by atoms with E-state index in [4.69, 9.17) is 28.4 Å². The molecule has 0 radical (unpaired) electrons. The SMILES string of the molecule is COc1ccc2cc1Oc1ccc(cc1)CC1c3cc(c(OC)cc3CC[N+]1(C)C(C)C(=O)O)Oc1c(OC(C)=O)c(OC)cc3c1C(C2)N(C)CC3. The fourth-order valence-electron chi connectivity index (χ4n) is 8.24. The first kappa shape index (κ1) is 36.1. The van der Waals surface area contributed by atoms with Crippen molar-refractivity contribution in [3.8, 4) is 46.0 Å². The summed E-state index contributed by atoms with van der Waals surface area (Å²) in [7, 11) is 8.88. The summed E-state index contributed by atoms with van der Waals surface area (Å²) in [5, 5.41) is 10.4. The van der Waals surface area contributed by atoms with Crippen molar-refractivity contribution < 1.29 is 47.6 Å². The largest absolute Gasteiger partial charge is 0.493 e. The third kappa shape index (κ3) is 6.64. The second kappa shape index (κ2) is 14.3. The molecule has 0 aromatic heterocycles. The Labute approximate surface area is 310 Å². The Bertz CT molecular complexity index is 2060. The van der Waals surface area contributed by atoms with Gasteiger partial charge in [0.1, 0.15) is 11.8 Å². The van der Waals surface area contributed by atoms with Gasteiger partial charge in [0.25, 0.3) is 0 Å². The molecule has 0 saturated carbocycles. The van der Waals surface area contributed by atoms with Gasteiger partial charge in [-0.25, -0.2) is 4.79 Å². The molecule has 4 unspecified atom stereocenters. The molecule has 4 aromatic rings. The van der Waals surface area contributed by atoms with Crippen LogP contribution in [0.5, 0.6) is 46.0 Å². The van der Waals surface area contributed by atoms with Crippen LogP contribution >= 0.6 is 0 Å². The highest BCUT2D eigenvalue weighted by Crippen LogP contribution is 2.52. The molecule has 4 aliphatic rings. The van der Waals surface area contributed by atoms with Crippen molar-refractivity contribution in [2.24, 2.45) is 0 Å². The summed E-state index contributed by atoms with van der Waals surface area (Å²) in [4.78, 5) is 27.6.